The number of esters is 1. The van der Waals surface area contributed by atoms with Crippen LogP contribution in [0, 0.1) is 46.3 Å². The fraction of sp³-hybridized carbons (Fsp3) is 0.958. The lowest BCUT2D eigenvalue weighted by molar-refractivity contribution is -0.154. The van der Waals surface area contributed by atoms with Gasteiger partial charge in [-0.1, -0.05) is 26.7 Å². The second kappa shape index (κ2) is 6.24. The molecule has 26 heavy (non-hydrogen) atoms. The quantitative estimate of drug-likeness (QED) is 0.538. The molecule has 146 valence electrons. The van der Waals surface area contributed by atoms with Gasteiger partial charge in [-0.2, -0.15) is 0 Å². The molecule has 5 rings (SSSR count). The molecule has 5 aliphatic rings. The molecule has 0 bridgehead atoms. The van der Waals surface area contributed by atoms with E-state index in [1.807, 2.05) is 0 Å². The lowest BCUT2D eigenvalue weighted by atomic mass is 9.44. The Bertz CT molecular complexity index is 561. The monoisotopic (exact) mass is 358 g/mol. The number of carbonyl (C=O) groups excluding carboxylic acids is 1. The molecule has 4 aliphatic carbocycles. The highest BCUT2D eigenvalue weighted by Crippen LogP contribution is 2.68. The zero-order chi connectivity index (χ0) is 17.9. The maximum absolute atomic E-state index is 11.5. The normalized spacial score (nSPS) is 54.0. The van der Waals surface area contributed by atoms with E-state index in [4.69, 9.17) is 4.74 Å². The first-order valence-corrected chi connectivity index (χ1v) is 11.7. The van der Waals surface area contributed by atoms with Crippen LogP contribution in [-0.4, -0.2) is 12.6 Å². The van der Waals surface area contributed by atoms with E-state index in [9.17, 15) is 4.79 Å². The number of ether oxygens (including phenoxy) is 1. The largest absolute Gasteiger partial charge is 0.465 e. The standard InChI is InChI=1S/C24H38O2/c1-23-13-4-3-5-17(23)7-8-18-20-10-9-19(16-6-11-22(25)26-15-16)24(20,2)14-12-21(18)23/h16-21H,3-15H2,1-2H3/t16-,17?,18-,19?,20-,21-,23-,24+/m0/s1. The maximum atomic E-state index is 11.5. The lowest BCUT2D eigenvalue weighted by Crippen LogP contribution is -2.53. The predicted octanol–water partition coefficient (Wildman–Crippen LogP) is 5.99. The fourth-order valence-electron chi connectivity index (χ4n) is 9.09. The van der Waals surface area contributed by atoms with Crippen molar-refractivity contribution in [3.8, 4) is 0 Å². The Morgan fingerprint density at radius 2 is 1.62 bits per heavy atom. The minimum Gasteiger partial charge on any atom is -0.465 e. The van der Waals surface area contributed by atoms with Crippen molar-refractivity contribution < 1.29 is 9.53 Å². The second-order valence-corrected chi connectivity index (χ2v) is 11.1. The Morgan fingerprint density at radius 3 is 2.42 bits per heavy atom. The van der Waals surface area contributed by atoms with E-state index in [-0.39, 0.29) is 5.97 Å². The van der Waals surface area contributed by atoms with Gasteiger partial charge >= 0.3 is 5.97 Å². The molecule has 2 unspecified atom stereocenters. The minimum atomic E-state index is 0.0354. The van der Waals surface area contributed by atoms with Crippen molar-refractivity contribution in [3.63, 3.8) is 0 Å². The molecule has 0 aromatic heterocycles. The van der Waals surface area contributed by atoms with E-state index in [1.54, 1.807) is 0 Å². The average Bonchev–Trinajstić information content (AvgIpc) is 2.99. The molecule has 5 fully saturated rings. The Balaban J connectivity index is 1.37. The van der Waals surface area contributed by atoms with Crippen molar-refractivity contribution in [1.29, 1.82) is 0 Å². The molecule has 4 saturated carbocycles. The molecule has 0 N–H and O–H groups in total. The van der Waals surface area contributed by atoms with Crippen LogP contribution in [0.1, 0.15) is 90.9 Å². The SMILES string of the molecule is C[C@]12CCCCC1CC[C@@H]1[C@@H]2CC[C@]2(C)C([C@H]3CCC(=O)OC3)CC[C@@H]12. The molecule has 1 heterocycles. The molecule has 0 radical (unpaired) electrons. The van der Waals surface area contributed by atoms with E-state index >= 15 is 0 Å². The Labute approximate surface area is 159 Å². The van der Waals surface area contributed by atoms with Gasteiger partial charge in [0.1, 0.15) is 0 Å². The third kappa shape index (κ3) is 2.46. The lowest BCUT2D eigenvalue weighted by Gasteiger charge is -2.61. The summed E-state index contributed by atoms with van der Waals surface area (Å²) in [5.41, 5.74) is 1.17. The molecule has 8 atom stereocenters. The zero-order valence-electron chi connectivity index (χ0n) is 17.0. The number of hydrogen-bond donors (Lipinski definition) is 0. The van der Waals surface area contributed by atoms with Crippen LogP contribution in [0.2, 0.25) is 0 Å². The number of fused-ring (bicyclic) bond motifs is 5. The Kier molecular flexibility index (Phi) is 4.22. The van der Waals surface area contributed by atoms with E-state index in [2.05, 4.69) is 13.8 Å². The molecular weight excluding hydrogens is 320 g/mol. The molecular formula is C24H38O2. The highest BCUT2D eigenvalue weighted by atomic mass is 16.5. The van der Waals surface area contributed by atoms with Crippen molar-refractivity contribution in [2.75, 3.05) is 6.61 Å². The summed E-state index contributed by atoms with van der Waals surface area (Å²) >= 11 is 0. The van der Waals surface area contributed by atoms with Gasteiger partial charge in [0, 0.05) is 6.42 Å². The van der Waals surface area contributed by atoms with E-state index < -0.39 is 0 Å². The van der Waals surface area contributed by atoms with E-state index in [1.165, 1.54) is 64.2 Å². The topological polar surface area (TPSA) is 26.3 Å². The molecule has 0 aromatic rings. The van der Waals surface area contributed by atoms with Gasteiger partial charge in [-0.25, -0.2) is 0 Å². The average molecular weight is 359 g/mol. The third-order valence-corrected chi connectivity index (χ3v) is 10.4. The Hall–Kier alpha value is -0.530. The highest BCUT2D eigenvalue weighted by Gasteiger charge is 2.60. The summed E-state index contributed by atoms with van der Waals surface area (Å²) in [6, 6.07) is 0. The summed E-state index contributed by atoms with van der Waals surface area (Å²) < 4.78 is 5.48. The summed E-state index contributed by atoms with van der Waals surface area (Å²) in [6.45, 7) is 6.03. The predicted molar refractivity (Wildman–Crippen MR) is 104 cm³/mol. The van der Waals surface area contributed by atoms with Crippen LogP contribution in [0.5, 0.6) is 0 Å². The Morgan fingerprint density at radius 1 is 0.808 bits per heavy atom. The molecule has 2 nitrogen and oxygen atoms in total. The third-order valence-electron chi connectivity index (χ3n) is 10.4. The van der Waals surface area contributed by atoms with Gasteiger partial charge in [0.25, 0.3) is 0 Å². The maximum Gasteiger partial charge on any atom is 0.305 e. The number of rotatable bonds is 1. The van der Waals surface area contributed by atoms with Crippen LogP contribution in [0.15, 0.2) is 0 Å². The molecule has 2 heteroatoms. The number of hydrogen-bond acceptors (Lipinski definition) is 2. The fourth-order valence-corrected chi connectivity index (χ4v) is 9.09. The summed E-state index contributed by atoms with van der Waals surface area (Å²) in [6.07, 6.45) is 16.5. The van der Waals surface area contributed by atoms with Gasteiger partial charge in [-0.05, 0) is 104 Å². The van der Waals surface area contributed by atoms with Gasteiger partial charge in [-0.3, -0.25) is 4.79 Å². The first-order valence-electron chi connectivity index (χ1n) is 11.7. The molecule has 0 amide bonds. The van der Waals surface area contributed by atoms with E-state index in [0.29, 0.717) is 29.8 Å². The van der Waals surface area contributed by atoms with Gasteiger partial charge in [0.2, 0.25) is 0 Å². The smallest absolute Gasteiger partial charge is 0.305 e. The van der Waals surface area contributed by atoms with Crippen molar-refractivity contribution in [3.05, 3.63) is 0 Å². The van der Waals surface area contributed by atoms with Crippen LogP contribution in [0.25, 0.3) is 0 Å². The van der Waals surface area contributed by atoms with Gasteiger partial charge in [0.05, 0.1) is 6.61 Å². The number of cyclic esters (lactones) is 1. The van der Waals surface area contributed by atoms with Crippen LogP contribution < -0.4 is 0 Å². The van der Waals surface area contributed by atoms with Crippen molar-refractivity contribution in [2.24, 2.45) is 46.3 Å². The van der Waals surface area contributed by atoms with Crippen molar-refractivity contribution >= 4 is 5.97 Å². The summed E-state index contributed by atoms with van der Waals surface area (Å²) in [5.74, 6) is 5.44. The summed E-state index contributed by atoms with van der Waals surface area (Å²) in [4.78, 5) is 11.5. The van der Waals surface area contributed by atoms with Crippen LogP contribution in [-0.2, 0) is 9.53 Å². The molecule has 0 spiro atoms. The van der Waals surface area contributed by atoms with Crippen LogP contribution in [0.3, 0.4) is 0 Å². The highest BCUT2D eigenvalue weighted by molar-refractivity contribution is 5.69. The zero-order valence-corrected chi connectivity index (χ0v) is 17.0. The van der Waals surface area contributed by atoms with Gasteiger partial charge < -0.3 is 4.74 Å². The van der Waals surface area contributed by atoms with Crippen LogP contribution in [0.4, 0.5) is 0 Å². The minimum absolute atomic E-state index is 0.0354. The van der Waals surface area contributed by atoms with Gasteiger partial charge in [-0.15, -0.1) is 0 Å². The first-order chi connectivity index (χ1) is 12.5. The summed E-state index contributed by atoms with van der Waals surface area (Å²) in [7, 11) is 0. The van der Waals surface area contributed by atoms with Crippen molar-refractivity contribution in [2.45, 2.75) is 90.9 Å². The van der Waals surface area contributed by atoms with Crippen molar-refractivity contribution in [1.82, 2.24) is 0 Å². The van der Waals surface area contributed by atoms with Gasteiger partial charge in [0.15, 0.2) is 0 Å². The molecule has 1 aliphatic heterocycles. The van der Waals surface area contributed by atoms with Crippen LogP contribution >= 0.6 is 0 Å². The summed E-state index contributed by atoms with van der Waals surface area (Å²) in [5, 5.41) is 0. The first kappa shape index (κ1) is 17.6. The number of carbonyl (C=O) groups is 1. The molecule has 1 saturated heterocycles. The second-order valence-electron chi connectivity index (χ2n) is 11.1. The van der Waals surface area contributed by atoms with E-state index in [0.717, 1.165) is 36.0 Å². The molecule has 0 aromatic carbocycles.